The Bertz CT molecular complexity index is 520. The van der Waals surface area contributed by atoms with Crippen molar-refractivity contribution in [1.29, 1.82) is 0 Å². The minimum atomic E-state index is -0.283. The maximum absolute atomic E-state index is 11.9. The number of benzene rings is 1. The molecule has 1 aromatic rings. The molecule has 1 aromatic carbocycles. The highest BCUT2D eigenvalue weighted by Gasteiger charge is 2.23. The number of hydrogen-bond donors (Lipinski definition) is 2. The Morgan fingerprint density at radius 1 is 1.30 bits per heavy atom. The van der Waals surface area contributed by atoms with Crippen molar-refractivity contribution < 1.29 is 9.63 Å². The number of carbonyl (C=O) groups is 1. The minimum Gasteiger partial charge on any atom is -0.398 e. The first-order valence-corrected chi connectivity index (χ1v) is 6.99. The van der Waals surface area contributed by atoms with Crippen molar-refractivity contribution in [3.05, 3.63) is 29.3 Å². The van der Waals surface area contributed by atoms with Crippen molar-refractivity contribution in [2.75, 3.05) is 5.73 Å². The number of anilines is 1. The molecule has 0 heterocycles. The molecule has 1 aliphatic carbocycles. The Kier molecular flexibility index (Phi) is 4.61. The lowest BCUT2D eigenvalue weighted by atomic mass is 9.89. The molecule has 1 fully saturated rings. The summed E-state index contributed by atoms with van der Waals surface area (Å²) in [6.07, 6.45) is 5.11. The van der Waals surface area contributed by atoms with E-state index < -0.39 is 0 Å². The summed E-state index contributed by atoms with van der Waals surface area (Å²) in [7, 11) is 0. The van der Waals surface area contributed by atoms with E-state index in [-0.39, 0.29) is 17.7 Å². The largest absolute Gasteiger partial charge is 0.398 e. The van der Waals surface area contributed by atoms with Gasteiger partial charge in [-0.3, -0.25) is 0 Å². The smallest absolute Gasteiger partial charge is 0.338 e. The summed E-state index contributed by atoms with van der Waals surface area (Å²) < 4.78 is 0. The lowest BCUT2D eigenvalue weighted by molar-refractivity contribution is -0.149. The highest BCUT2D eigenvalue weighted by atomic mass is 16.7. The molecule has 0 aliphatic heterocycles. The van der Waals surface area contributed by atoms with Gasteiger partial charge in [0.05, 0.1) is 5.92 Å². The van der Waals surface area contributed by atoms with Gasteiger partial charge in [0.15, 0.2) is 5.84 Å². The third kappa shape index (κ3) is 3.29. The molecule has 0 amide bonds. The summed E-state index contributed by atoms with van der Waals surface area (Å²) in [5.41, 5.74) is 13.8. The standard InChI is InChI=1S/C15H21N3O2/c1-10-12(8-5-9-13(10)16)14(17)18-20-15(19)11-6-3-2-4-7-11/h5,8-9,11H,2-4,6-7,16H2,1H3,(H2,17,18). The number of carbonyl (C=O) groups excluding carboxylic acids is 1. The van der Waals surface area contributed by atoms with Crippen molar-refractivity contribution in [1.82, 2.24) is 0 Å². The Hall–Kier alpha value is -2.04. The third-order valence-electron chi connectivity index (χ3n) is 3.82. The highest BCUT2D eigenvalue weighted by molar-refractivity contribution is 5.99. The van der Waals surface area contributed by atoms with Crippen LogP contribution in [0.15, 0.2) is 23.4 Å². The quantitative estimate of drug-likeness (QED) is 0.291. The molecule has 0 unspecified atom stereocenters. The Balaban J connectivity index is 2.03. The summed E-state index contributed by atoms with van der Waals surface area (Å²) >= 11 is 0. The van der Waals surface area contributed by atoms with Crippen molar-refractivity contribution in [2.45, 2.75) is 39.0 Å². The number of amidine groups is 1. The van der Waals surface area contributed by atoms with Crippen molar-refractivity contribution >= 4 is 17.5 Å². The first-order valence-electron chi connectivity index (χ1n) is 6.99. The molecule has 20 heavy (non-hydrogen) atoms. The van der Waals surface area contributed by atoms with Gasteiger partial charge in [-0.2, -0.15) is 0 Å². The van der Waals surface area contributed by atoms with E-state index in [2.05, 4.69) is 5.16 Å². The summed E-state index contributed by atoms with van der Waals surface area (Å²) in [5, 5.41) is 3.76. The summed E-state index contributed by atoms with van der Waals surface area (Å²) in [6.45, 7) is 1.86. The van der Waals surface area contributed by atoms with Gasteiger partial charge in [0, 0.05) is 11.3 Å². The van der Waals surface area contributed by atoms with Crippen LogP contribution < -0.4 is 11.5 Å². The normalized spacial score (nSPS) is 16.9. The second-order valence-corrected chi connectivity index (χ2v) is 5.24. The first kappa shape index (κ1) is 14.4. The van der Waals surface area contributed by atoms with Gasteiger partial charge in [-0.25, -0.2) is 4.79 Å². The minimum absolute atomic E-state index is 0.0396. The molecule has 0 aromatic heterocycles. The molecule has 0 spiro atoms. The lowest BCUT2D eigenvalue weighted by Crippen LogP contribution is -2.21. The summed E-state index contributed by atoms with van der Waals surface area (Å²) in [5.74, 6) is -0.143. The predicted molar refractivity (Wildman–Crippen MR) is 79.0 cm³/mol. The average Bonchev–Trinajstić information content (AvgIpc) is 2.48. The van der Waals surface area contributed by atoms with E-state index in [0.29, 0.717) is 11.3 Å². The molecule has 0 saturated heterocycles. The van der Waals surface area contributed by atoms with Gasteiger partial charge in [-0.05, 0) is 31.4 Å². The van der Waals surface area contributed by atoms with E-state index in [9.17, 15) is 4.79 Å². The van der Waals surface area contributed by atoms with E-state index in [1.54, 1.807) is 18.2 Å². The molecule has 108 valence electrons. The van der Waals surface area contributed by atoms with Crippen LogP contribution >= 0.6 is 0 Å². The topological polar surface area (TPSA) is 90.7 Å². The first-order chi connectivity index (χ1) is 9.59. The second-order valence-electron chi connectivity index (χ2n) is 5.24. The zero-order valence-corrected chi connectivity index (χ0v) is 11.8. The van der Waals surface area contributed by atoms with Gasteiger partial charge in [-0.1, -0.05) is 36.6 Å². The number of nitrogen functional groups attached to an aromatic ring is 1. The van der Waals surface area contributed by atoms with Crippen LogP contribution in [-0.4, -0.2) is 11.8 Å². The lowest BCUT2D eigenvalue weighted by Gasteiger charge is -2.18. The van der Waals surface area contributed by atoms with E-state index >= 15 is 0 Å². The molecular weight excluding hydrogens is 254 g/mol. The van der Waals surface area contributed by atoms with Crippen molar-refractivity contribution in [2.24, 2.45) is 16.8 Å². The van der Waals surface area contributed by atoms with E-state index in [4.69, 9.17) is 16.3 Å². The molecule has 1 aliphatic rings. The monoisotopic (exact) mass is 275 g/mol. The van der Waals surface area contributed by atoms with Crippen LogP contribution in [0.4, 0.5) is 5.69 Å². The van der Waals surface area contributed by atoms with Gasteiger partial charge in [0.1, 0.15) is 0 Å². The van der Waals surface area contributed by atoms with Crippen molar-refractivity contribution in [3.63, 3.8) is 0 Å². The molecule has 2 rings (SSSR count). The second kappa shape index (κ2) is 6.41. The molecular formula is C15H21N3O2. The highest BCUT2D eigenvalue weighted by Crippen LogP contribution is 2.24. The molecule has 4 N–H and O–H groups in total. The fourth-order valence-corrected chi connectivity index (χ4v) is 2.49. The number of oxime groups is 1. The molecule has 0 radical (unpaired) electrons. The van der Waals surface area contributed by atoms with E-state index in [0.717, 1.165) is 31.2 Å². The molecule has 0 bridgehead atoms. The maximum Gasteiger partial charge on any atom is 0.338 e. The fourth-order valence-electron chi connectivity index (χ4n) is 2.49. The Morgan fingerprint density at radius 2 is 2.00 bits per heavy atom. The zero-order chi connectivity index (χ0) is 14.5. The van der Waals surface area contributed by atoms with Crippen LogP contribution in [0.2, 0.25) is 0 Å². The van der Waals surface area contributed by atoms with E-state index in [1.807, 2.05) is 6.92 Å². The molecule has 1 saturated carbocycles. The van der Waals surface area contributed by atoms with Gasteiger partial charge in [0.25, 0.3) is 0 Å². The number of hydrogen-bond acceptors (Lipinski definition) is 4. The van der Waals surface area contributed by atoms with Crippen LogP contribution in [0.5, 0.6) is 0 Å². The van der Waals surface area contributed by atoms with Crippen LogP contribution in [0.25, 0.3) is 0 Å². The van der Waals surface area contributed by atoms with Gasteiger partial charge < -0.3 is 16.3 Å². The third-order valence-corrected chi connectivity index (χ3v) is 3.82. The zero-order valence-electron chi connectivity index (χ0n) is 11.8. The van der Waals surface area contributed by atoms with Gasteiger partial charge in [0.2, 0.25) is 0 Å². The molecule has 0 atom stereocenters. The summed E-state index contributed by atoms with van der Waals surface area (Å²) in [6, 6.07) is 5.39. The fraction of sp³-hybridized carbons (Fsp3) is 0.467. The molecule has 5 nitrogen and oxygen atoms in total. The van der Waals surface area contributed by atoms with E-state index in [1.165, 1.54) is 6.42 Å². The number of nitrogens with two attached hydrogens (primary N) is 2. The summed E-state index contributed by atoms with van der Waals surface area (Å²) in [4.78, 5) is 16.9. The van der Waals surface area contributed by atoms with Gasteiger partial charge in [-0.15, -0.1) is 0 Å². The average molecular weight is 275 g/mol. The van der Waals surface area contributed by atoms with Gasteiger partial charge >= 0.3 is 5.97 Å². The predicted octanol–water partition coefficient (Wildman–Crippen LogP) is 2.32. The van der Waals surface area contributed by atoms with Crippen LogP contribution in [0.1, 0.15) is 43.2 Å². The van der Waals surface area contributed by atoms with Crippen LogP contribution in [0, 0.1) is 12.8 Å². The van der Waals surface area contributed by atoms with Crippen LogP contribution in [-0.2, 0) is 9.63 Å². The Labute approximate surface area is 119 Å². The SMILES string of the molecule is Cc1c(N)cccc1/C(N)=N/OC(=O)C1CCCCC1. The molecule has 5 heteroatoms. The van der Waals surface area contributed by atoms with Crippen molar-refractivity contribution in [3.8, 4) is 0 Å². The number of nitrogens with zero attached hydrogens (tertiary/aromatic N) is 1. The number of rotatable bonds is 3. The van der Waals surface area contributed by atoms with Crippen LogP contribution in [0.3, 0.4) is 0 Å². The Morgan fingerprint density at radius 3 is 2.70 bits per heavy atom. The maximum atomic E-state index is 11.9.